The molecule has 3 heteroatoms. The highest BCUT2D eigenvalue weighted by atomic mass is 79.9. The van der Waals surface area contributed by atoms with Crippen molar-refractivity contribution in [3.8, 4) is 17.1 Å². The SMILES string of the molecule is COc1cc(Br)cc2cc(-c3ccc(C)cc3)oc12. The lowest BCUT2D eigenvalue weighted by Gasteiger charge is -2.01. The third kappa shape index (κ3) is 2.26. The fraction of sp³-hybridized carbons (Fsp3) is 0.125. The summed E-state index contributed by atoms with van der Waals surface area (Å²) in [6.45, 7) is 2.07. The number of rotatable bonds is 2. The van der Waals surface area contributed by atoms with Gasteiger partial charge in [0.15, 0.2) is 11.3 Å². The Kier molecular flexibility index (Phi) is 3.07. The van der Waals surface area contributed by atoms with E-state index >= 15 is 0 Å². The van der Waals surface area contributed by atoms with Crippen LogP contribution in [0.5, 0.6) is 5.75 Å². The minimum atomic E-state index is 0.739. The molecule has 3 aromatic rings. The molecule has 0 N–H and O–H groups in total. The molecule has 96 valence electrons. The molecule has 0 spiro atoms. The Labute approximate surface area is 120 Å². The van der Waals surface area contributed by atoms with Crippen molar-refractivity contribution in [2.75, 3.05) is 7.11 Å². The minimum Gasteiger partial charge on any atom is -0.493 e. The molecule has 0 amide bonds. The maximum atomic E-state index is 5.93. The Morgan fingerprint density at radius 3 is 2.47 bits per heavy atom. The molecule has 19 heavy (non-hydrogen) atoms. The molecule has 0 atom stereocenters. The smallest absolute Gasteiger partial charge is 0.176 e. The van der Waals surface area contributed by atoms with Gasteiger partial charge in [0.05, 0.1) is 7.11 Å². The lowest BCUT2D eigenvalue weighted by Crippen LogP contribution is -1.82. The van der Waals surface area contributed by atoms with Gasteiger partial charge >= 0.3 is 0 Å². The van der Waals surface area contributed by atoms with Gasteiger partial charge in [-0.05, 0) is 25.1 Å². The van der Waals surface area contributed by atoms with E-state index in [0.717, 1.165) is 32.5 Å². The number of benzene rings is 2. The molecule has 0 aliphatic rings. The van der Waals surface area contributed by atoms with Crippen LogP contribution in [0, 0.1) is 6.92 Å². The second-order valence-electron chi connectivity index (χ2n) is 4.50. The number of hydrogen-bond donors (Lipinski definition) is 0. The summed E-state index contributed by atoms with van der Waals surface area (Å²) in [5.41, 5.74) is 3.08. The molecule has 3 rings (SSSR count). The van der Waals surface area contributed by atoms with Gasteiger partial charge in [0, 0.05) is 15.4 Å². The van der Waals surface area contributed by atoms with Crippen LogP contribution in [0.2, 0.25) is 0 Å². The summed E-state index contributed by atoms with van der Waals surface area (Å²) >= 11 is 3.48. The average molecular weight is 317 g/mol. The van der Waals surface area contributed by atoms with Gasteiger partial charge in [-0.1, -0.05) is 45.8 Å². The molecule has 0 aliphatic heterocycles. The lowest BCUT2D eigenvalue weighted by molar-refractivity contribution is 0.410. The standard InChI is InChI=1S/C16H13BrO2/c1-10-3-5-11(6-4-10)14-8-12-7-13(17)9-15(18-2)16(12)19-14/h3-9H,1-2H3. The first-order valence-electron chi connectivity index (χ1n) is 6.01. The molecule has 1 aromatic heterocycles. The topological polar surface area (TPSA) is 22.4 Å². The van der Waals surface area contributed by atoms with Crippen molar-refractivity contribution in [3.63, 3.8) is 0 Å². The average Bonchev–Trinajstić information content (AvgIpc) is 2.82. The highest BCUT2D eigenvalue weighted by molar-refractivity contribution is 9.10. The number of hydrogen-bond acceptors (Lipinski definition) is 2. The zero-order valence-corrected chi connectivity index (χ0v) is 12.3. The van der Waals surface area contributed by atoms with Crippen LogP contribution in [0.1, 0.15) is 5.56 Å². The maximum absolute atomic E-state index is 5.93. The largest absolute Gasteiger partial charge is 0.493 e. The number of fused-ring (bicyclic) bond motifs is 1. The molecular weight excluding hydrogens is 304 g/mol. The summed E-state index contributed by atoms with van der Waals surface area (Å²) in [5, 5.41) is 1.03. The lowest BCUT2D eigenvalue weighted by atomic mass is 10.1. The van der Waals surface area contributed by atoms with Crippen molar-refractivity contribution in [1.82, 2.24) is 0 Å². The van der Waals surface area contributed by atoms with Gasteiger partial charge in [-0.2, -0.15) is 0 Å². The van der Waals surface area contributed by atoms with E-state index in [0.29, 0.717) is 0 Å². The molecule has 0 unspecified atom stereocenters. The predicted octanol–water partition coefficient (Wildman–Crippen LogP) is 5.18. The van der Waals surface area contributed by atoms with Crippen LogP contribution in [0.4, 0.5) is 0 Å². The van der Waals surface area contributed by atoms with E-state index in [1.165, 1.54) is 5.56 Å². The van der Waals surface area contributed by atoms with Crippen LogP contribution < -0.4 is 4.74 Å². The van der Waals surface area contributed by atoms with E-state index in [1.807, 2.05) is 18.2 Å². The van der Waals surface area contributed by atoms with E-state index < -0.39 is 0 Å². The molecule has 0 bridgehead atoms. The highest BCUT2D eigenvalue weighted by Gasteiger charge is 2.11. The molecule has 0 aliphatic carbocycles. The van der Waals surface area contributed by atoms with Crippen LogP contribution in [-0.4, -0.2) is 7.11 Å². The number of aryl methyl sites for hydroxylation is 1. The summed E-state index contributed by atoms with van der Waals surface area (Å²) in [6.07, 6.45) is 0. The normalized spacial score (nSPS) is 10.9. The van der Waals surface area contributed by atoms with Gasteiger partial charge in [0.25, 0.3) is 0 Å². The summed E-state index contributed by atoms with van der Waals surface area (Å²) in [5.74, 6) is 1.59. The first-order chi connectivity index (χ1) is 9.17. The molecule has 0 radical (unpaired) electrons. The van der Waals surface area contributed by atoms with E-state index in [1.54, 1.807) is 7.11 Å². The minimum absolute atomic E-state index is 0.739. The number of halogens is 1. The Balaban J connectivity index is 2.18. The fourth-order valence-electron chi connectivity index (χ4n) is 2.10. The van der Waals surface area contributed by atoms with E-state index in [4.69, 9.17) is 9.15 Å². The van der Waals surface area contributed by atoms with E-state index in [9.17, 15) is 0 Å². The first-order valence-corrected chi connectivity index (χ1v) is 6.81. The van der Waals surface area contributed by atoms with E-state index in [-0.39, 0.29) is 0 Å². The van der Waals surface area contributed by atoms with Gasteiger partial charge in [0.2, 0.25) is 0 Å². The van der Waals surface area contributed by atoms with Crippen molar-refractivity contribution in [2.24, 2.45) is 0 Å². The van der Waals surface area contributed by atoms with Crippen LogP contribution in [-0.2, 0) is 0 Å². The second kappa shape index (κ2) is 4.74. The number of ether oxygens (including phenoxy) is 1. The van der Waals surface area contributed by atoms with Crippen molar-refractivity contribution in [2.45, 2.75) is 6.92 Å². The summed E-state index contributed by atoms with van der Waals surface area (Å²) in [6, 6.07) is 14.3. The summed E-state index contributed by atoms with van der Waals surface area (Å²) in [7, 11) is 1.65. The Hall–Kier alpha value is -1.74. The van der Waals surface area contributed by atoms with Crippen molar-refractivity contribution in [1.29, 1.82) is 0 Å². The van der Waals surface area contributed by atoms with Crippen molar-refractivity contribution < 1.29 is 9.15 Å². The number of furan rings is 1. The second-order valence-corrected chi connectivity index (χ2v) is 5.42. The third-order valence-electron chi connectivity index (χ3n) is 3.10. The molecule has 0 saturated carbocycles. The zero-order valence-electron chi connectivity index (χ0n) is 10.7. The van der Waals surface area contributed by atoms with Gasteiger partial charge in [-0.3, -0.25) is 0 Å². The van der Waals surface area contributed by atoms with Gasteiger partial charge < -0.3 is 9.15 Å². The molecule has 2 aromatic carbocycles. The van der Waals surface area contributed by atoms with Crippen LogP contribution in [0.25, 0.3) is 22.3 Å². The van der Waals surface area contributed by atoms with Crippen molar-refractivity contribution in [3.05, 3.63) is 52.5 Å². The monoisotopic (exact) mass is 316 g/mol. The molecule has 2 nitrogen and oxygen atoms in total. The summed E-state index contributed by atoms with van der Waals surface area (Å²) < 4.78 is 12.3. The van der Waals surface area contributed by atoms with Gasteiger partial charge in [-0.25, -0.2) is 0 Å². The Morgan fingerprint density at radius 2 is 1.79 bits per heavy atom. The van der Waals surface area contributed by atoms with Crippen molar-refractivity contribution >= 4 is 26.9 Å². The van der Waals surface area contributed by atoms with Gasteiger partial charge in [0.1, 0.15) is 5.76 Å². The van der Waals surface area contributed by atoms with Crippen LogP contribution in [0.15, 0.2) is 51.4 Å². The Morgan fingerprint density at radius 1 is 1.05 bits per heavy atom. The quantitative estimate of drug-likeness (QED) is 0.650. The first kappa shape index (κ1) is 12.3. The van der Waals surface area contributed by atoms with Gasteiger partial charge in [-0.15, -0.1) is 0 Å². The highest BCUT2D eigenvalue weighted by Crippen LogP contribution is 2.35. The number of methoxy groups -OCH3 is 1. The fourth-order valence-corrected chi connectivity index (χ4v) is 2.55. The van der Waals surface area contributed by atoms with Crippen LogP contribution >= 0.6 is 15.9 Å². The zero-order chi connectivity index (χ0) is 13.4. The maximum Gasteiger partial charge on any atom is 0.176 e. The molecular formula is C16H13BrO2. The summed E-state index contributed by atoms with van der Waals surface area (Å²) in [4.78, 5) is 0. The van der Waals surface area contributed by atoms with E-state index in [2.05, 4.69) is 47.1 Å². The molecule has 0 saturated heterocycles. The van der Waals surface area contributed by atoms with Crippen LogP contribution in [0.3, 0.4) is 0 Å². The molecule has 1 heterocycles. The third-order valence-corrected chi connectivity index (χ3v) is 3.56. The molecule has 0 fully saturated rings. The predicted molar refractivity (Wildman–Crippen MR) is 80.6 cm³/mol. The Bertz CT molecular complexity index is 726.